The van der Waals surface area contributed by atoms with Crippen molar-refractivity contribution in [2.24, 2.45) is 5.41 Å². The summed E-state index contributed by atoms with van der Waals surface area (Å²) in [6.45, 7) is 8.71. The van der Waals surface area contributed by atoms with Gasteiger partial charge in [-0.15, -0.1) is 0 Å². The van der Waals surface area contributed by atoms with Gasteiger partial charge in [0.2, 0.25) is 0 Å². The number of aliphatic hydroxyl groups excluding tert-OH is 1. The van der Waals surface area contributed by atoms with Crippen LogP contribution in [0.5, 0.6) is 5.75 Å². The molecule has 0 bridgehead atoms. The number of benzene rings is 1. The molecule has 0 aliphatic carbocycles. The summed E-state index contributed by atoms with van der Waals surface area (Å²) in [5, 5.41) is 12.6. The smallest absolute Gasteiger partial charge is 0.119 e. The SMILES string of the molecule is CCC(C)(CO)CNCCOc1cccc(C)c1. The highest BCUT2D eigenvalue weighted by Gasteiger charge is 2.19. The topological polar surface area (TPSA) is 41.5 Å². The van der Waals surface area contributed by atoms with Crippen molar-refractivity contribution in [2.75, 3.05) is 26.3 Å². The minimum Gasteiger partial charge on any atom is -0.492 e. The van der Waals surface area contributed by atoms with Gasteiger partial charge in [-0.05, 0) is 31.0 Å². The average molecular weight is 251 g/mol. The summed E-state index contributed by atoms with van der Waals surface area (Å²) >= 11 is 0. The third-order valence-electron chi connectivity index (χ3n) is 3.32. The predicted octanol–water partition coefficient (Wildman–Crippen LogP) is 2.37. The zero-order valence-corrected chi connectivity index (χ0v) is 11.7. The number of aryl methyl sites for hydroxylation is 1. The molecule has 18 heavy (non-hydrogen) atoms. The van der Waals surface area contributed by atoms with E-state index in [0.29, 0.717) is 6.61 Å². The first-order valence-corrected chi connectivity index (χ1v) is 6.61. The van der Waals surface area contributed by atoms with Crippen molar-refractivity contribution in [1.82, 2.24) is 5.32 Å². The van der Waals surface area contributed by atoms with E-state index in [0.717, 1.165) is 25.3 Å². The molecule has 0 spiro atoms. The van der Waals surface area contributed by atoms with Crippen molar-refractivity contribution in [3.63, 3.8) is 0 Å². The molecule has 0 fully saturated rings. The number of hydrogen-bond acceptors (Lipinski definition) is 3. The average Bonchev–Trinajstić information content (AvgIpc) is 2.38. The fourth-order valence-electron chi connectivity index (χ4n) is 1.63. The third kappa shape index (κ3) is 5.07. The molecule has 0 heterocycles. The molecule has 0 aromatic heterocycles. The maximum absolute atomic E-state index is 9.28. The van der Waals surface area contributed by atoms with Crippen LogP contribution in [0.15, 0.2) is 24.3 Å². The summed E-state index contributed by atoms with van der Waals surface area (Å²) in [6, 6.07) is 8.05. The maximum Gasteiger partial charge on any atom is 0.119 e. The number of aliphatic hydroxyl groups is 1. The number of nitrogens with one attached hydrogen (secondary N) is 1. The summed E-state index contributed by atoms with van der Waals surface area (Å²) in [4.78, 5) is 0. The van der Waals surface area contributed by atoms with Gasteiger partial charge < -0.3 is 15.2 Å². The predicted molar refractivity (Wildman–Crippen MR) is 75.0 cm³/mol. The van der Waals surface area contributed by atoms with Gasteiger partial charge in [-0.1, -0.05) is 26.0 Å². The highest BCUT2D eigenvalue weighted by molar-refractivity contribution is 5.27. The zero-order chi connectivity index (χ0) is 13.4. The van der Waals surface area contributed by atoms with Crippen LogP contribution in [0, 0.1) is 12.3 Å². The number of rotatable bonds is 8. The lowest BCUT2D eigenvalue weighted by molar-refractivity contribution is 0.134. The van der Waals surface area contributed by atoms with Crippen LogP contribution in [0.4, 0.5) is 0 Å². The van der Waals surface area contributed by atoms with E-state index in [9.17, 15) is 5.11 Å². The highest BCUT2D eigenvalue weighted by Crippen LogP contribution is 2.18. The third-order valence-corrected chi connectivity index (χ3v) is 3.32. The molecule has 1 aromatic rings. The van der Waals surface area contributed by atoms with Crippen molar-refractivity contribution in [2.45, 2.75) is 27.2 Å². The summed E-state index contributed by atoms with van der Waals surface area (Å²) in [5.41, 5.74) is 1.18. The minimum atomic E-state index is -0.0245. The second-order valence-electron chi connectivity index (χ2n) is 5.16. The van der Waals surface area contributed by atoms with Crippen LogP contribution in [-0.2, 0) is 0 Å². The Bertz CT molecular complexity index is 348. The van der Waals surface area contributed by atoms with Crippen molar-refractivity contribution in [1.29, 1.82) is 0 Å². The van der Waals surface area contributed by atoms with E-state index >= 15 is 0 Å². The Balaban J connectivity index is 2.19. The Morgan fingerprint density at radius 3 is 2.78 bits per heavy atom. The monoisotopic (exact) mass is 251 g/mol. The lowest BCUT2D eigenvalue weighted by Gasteiger charge is -2.25. The van der Waals surface area contributed by atoms with Gasteiger partial charge in [-0.3, -0.25) is 0 Å². The molecule has 0 saturated carbocycles. The first-order chi connectivity index (χ1) is 8.59. The van der Waals surface area contributed by atoms with Crippen LogP contribution >= 0.6 is 0 Å². The molecule has 3 heteroatoms. The molecule has 2 N–H and O–H groups in total. The molecule has 0 saturated heterocycles. The van der Waals surface area contributed by atoms with Crippen LogP contribution in [-0.4, -0.2) is 31.4 Å². The van der Waals surface area contributed by atoms with Gasteiger partial charge in [0, 0.05) is 25.1 Å². The summed E-state index contributed by atoms with van der Waals surface area (Å²) in [7, 11) is 0. The molecule has 0 radical (unpaired) electrons. The van der Waals surface area contributed by atoms with E-state index in [1.165, 1.54) is 5.56 Å². The summed E-state index contributed by atoms with van der Waals surface area (Å²) < 4.78 is 5.64. The lowest BCUT2D eigenvalue weighted by Crippen LogP contribution is -2.36. The van der Waals surface area contributed by atoms with Gasteiger partial charge >= 0.3 is 0 Å². The van der Waals surface area contributed by atoms with Gasteiger partial charge in [0.25, 0.3) is 0 Å². The molecule has 1 atom stereocenters. The summed E-state index contributed by atoms with van der Waals surface area (Å²) in [5.74, 6) is 0.914. The fourth-order valence-corrected chi connectivity index (χ4v) is 1.63. The Hall–Kier alpha value is -1.06. The van der Waals surface area contributed by atoms with Crippen LogP contribution in [0.1, 0.15) is 25.8 Å². The second kappa shape index (κ2) is 7.39. The van der Waals surface area contributed by atoms with E-state index in [2.05, 4.69) is 32.2 Å². The van der Waals surface area contributed by atoms with Crippen molar-refractivity contribution >= 4 is 0 Å². The van der Waals surface area contributed by atoms with Crippen LogP contribution in [0.25, 0.3) is 0 Å². The Kier molecular flexibility index (Phi) is 6.16. The molecule has 3 nitrogen and oxygen atoms in total. The second-order valence-corrected chi connectivity index (χ2v) is 5.16. The quantitative estimate of drug-likeness (QED) is 0.697. The molecular formula is C15H25NO2. The molecule has 0 aliphatic heterocycles. The summed E-state index contributed by atoms with van der Waals surface area (Å²) in [6.07, 6.45) is 0.967. The lowest BCUT2D eigenvalue weighted by atomic mass is 9.89. The van der Waals surface area contributed by atoms with Gasteiger partial charge in [-0.25, -0.2) is 0 Å². The zero-order valence-electron chi connectivity index (χ0n) is 11.7. The fraction of sp³-hybridized carbons (Fsp3) is 0.600. The molecule has 1 rings (SSSR count). The number of hydrogen-bond donors (Lipinski definition) is 2. The van der Waals surface area contributed by atoms with E-state index < -0.39 is 0 Å². The molecule has 1 aromatic carbocycles. The van der Waals surface area contributed by atoms with Crippen molar-refractivity contribution in [3.8, 4) is 5.75 Å². The largest absolute Gasteiger partial charge is 0.492 e. The molecule has 0 amide bonds. The van der Waals surface area contributed by atoms with Gasteiger partial charge in [0.15, 0.2) is 0 Å². The Morgan fingerprint density at radius 1 is 1.39 bits per heavy atom. The van der Waals surface area contributed by atoms with Crippen LogP contribution in [0.3, 0.4) is 0 Å². The first kappa shape index (κ1) is 15.0. The van der Waals surface area contributed by atoms with Crippen molar-refractivity contribution < 1.29 is 9.84 Å². The highest BCUT2D eigenvalue weighted by atomic mass is 16.5. The van der Waals surface area contributed by atoms with Crippen LogP contribution in [0.2, 0.25) is 0 Å². The molecule has 0 aliphatic rings. The Morgan fingerprint density at radius 2 is 2.17 bits per heavy atom. The van der Waals surface area contributed by atoms with E-state index in [4.69, 9.17) is 4.74 Å². The van der Waals surface area contributed by atoms with E-state index in [1.807, 2.05) is 18.2 Å². The van der Waals surface area contributed by atoms with Crippen LogP contribution < -0.4 is 10.1 Å². The molecule has 1 unspecified atom stereocenters. The normalized spacial score (nSPS) is 14.2. The van der Waals surface area contributed by atoms with Gasteiger partial charge in [0.05, 0.1) is 0 Å². The molecule has 102 valence electrons. The van der Waals surface area contributed by atoms with Crippen molar-refractivity contribution in [3.05, 3.63) is 29.8 Å². The maximum atomic E-state index is 9.28. The van der Waals surface area contributed by atoms with Gasteiger partial charge in [-0.2, -0.15) is 0 Å². The number of ether oxygens (including phenoxy) is 1. The van der Waals surface area contributed by atoms with E-state index in [-0.39, 0.29) is 12.0 Å². The minimum absolute atomic E-state index is 0.0245. The van der Waals surface area contributed by atoms with Gasteiger partial charge in [0.1, 0.15) is 12.4 Å². The molecular weight excluding hydrogens is 226 g/mol. The standard InChI is InChI=1S/C15H25NO2/c1-4-15(3,12-17)11-16-8-9-18-14-7-5-6-13(2)10-14/h5-7,10,16-17H,4,8-9,11-12H2,1-3H3. The Labute approximate surface area is 110 Å². The van der Waals surface area contributed by atoms with E-state index in [1.54, 1.807) is 0 Å². The first-order valence-electron chi connectivity index (χ1n) is 6.61.